The normalized spacial score (nSPS) is 12.0. The van der Waals surface area contributed by atoms with Crippen molar-refractivity contribution < 1.29 is 4.79 Å². The van der Waals surface area contributed by atoms with Crippen LogP contribution in [0.15, 0.2) is 36.7 Å². The molecule has 112 valence electrons. The summed E-state index contributed by atoms with van der Waals surface area (Å²) in [5.41, 5.74) is 2.01. The van der Waals surface area contributed by atoms with E-state index in [-0.39, 0.29) is 18.5 Å². The molecule has 2 N–H and O–H groups in total. The molecule has 0 aliphatic rings. The Balaban J connectivity index is 2.07. The third kappa shape index (κ3) is 4.23. The van der Waals surface area contributed by atoms with Gasteiger partial charge in [0, 0.05) is 18.3 Å². The summed E-state index contributed by atoms with van der Waals surface area (Å²) in [6.45, 7) is 2.32. The number of rotatable bonds is 6. The number of carbonyl (C=O) groups is 1. The van der Waals surface area contributed by atoms with Crippen molar-refractivity contribution in [2.75, 3.05) is 12.4 Å². The highest BCUT2D eigenvalue weighted by molar-refractivity contribution is 6.30. The lowest BCUT2D eigenvalue weighted by Crippen LogP contribution is -2.23. The standard InChI is InChI=1S/C15H19ClN4O/c1-3-14(11-5-4-6-12(16)7-11)19-13-8-18-20(9-13)10-15(21)17-2/h4-9,14,19H,3,10H2,1-2H3,(H,17,21). The lowest BCUT2D eigenvalue weighted by atomic mass is 10.0. The van der Waals surface area contributed by atoms with Gasteiger partial charge in [0.2, 0.25) is 5.91 Å². The van der Waals surface area contributed by atoms with Crippen LogP contribution in [0.5, 0.6) is 0 Å². The van der Waals surface area contributed by atoms with Crippen molar-refractivity contribution in [3.8, 4) is 0 Å². The molecular formula is C15H19ClN4O. The van der Waals surface area contributed by atoms with E-state index in [0.29, 0.717) is 0 Å². The van der Waals surface area contributed by atoms with E-state index in [0.717, 1.165) is 22.7 Å². The van der Waals surface area contributed by atoms with E-state index >= 15 is 0 Å². The van der Waals surface area contributed by atoms with Crippen molar-refractivity contribution in [1.29, 1.82) is 0 Å². The lowest BCUT2D eigenvalue weighted by molar-refractivity contribution is -0.121. The Morgan fingerprint density at radius 2 is 2.29 bits per heavy atom. The summed E-state index contributed by atoms with van der Waals surface area (Å²) in [6.07, 6.45) is 4.46. The highest BCUT2D eigenvalue weighted by atomic mass is 35.5. The smallest absolute Gasteiger partial charge is 0.241 e. The molecule has 1 unspecified atom stereocenters. The molecule has 0 aliphatic heterocycles. The maximum absolute atomic E-state index is 11.3. The highest BCUT2D eigenvalue weighted by Gasteiger charge is 2.11. The summed E-state index contributed by atoms with van der Waals surface area (Å²) >= 11 is 6.04. The van der Waals surface area contributed by atoms with Crippen molar-refractivity contribution in [1.82, 2.24) is 15.1 Å². The Kier molecular flexibility index (Phi) is 5.22. The number of hydrogen-bond acceptors (Lipinski definition) is 3. The van der Waals surface area contributed by atoms with E-state index in [1.165, 1.54) is 0 Å². The van der Waals surface area contributed by atoms with Crippen LogP contribution < -0.4 is 10.6 Å². The molecule has 1 atom stereocenters. The molecule has 0 saturated carbocycles. The zero-order valence-electron chi connectivity index (χ0n) is 12.1. The zero-order valence-corrected chi connectivity index (χ0v) is 12.9. The van der Waals surface area contributed by atoms with Crippen LogP contribution in [-0.2, 0) is 11.3 Å². The van der Waals surface area contributed by atoms with Crippen LogP contribution in [0.3, 0.4) is 0 Å². The number of halogens is 1. The Labute approximate surface area is 129 Å². The van der Waals surface area contributed by atoms with E-state index in [1.807, 2.05) is 30.5 Å². The molecule has 0 aliphatic carbocycles. The number of nitrogens with one attached hydrogen (secondary N) is 2. The van der Waals surface area contributed by atoms with E-state index in [2.05, 4.69) is 22.7 Å². The largest absolute Gasteiger partial charge is 0.376 e. The number of benzene rings is 1. The molecule has 0 fully saturated rings. The van der Waals surface area contributed by atoms with Crippen LogP contribution in [-0.4, -0.2) is 22.7 Å². The molecule has 2 aromatic rings. The average Bonchev–Trinajstić information content (AvgIpc) is 2.91. The lowest BCUT2D eigenvalue weighted by Gasteiger charge is -2.17. The van der Waals surface area contributed by atoms with Crippen LogP contribution in [0.1, 0.15) is 24.9 Å². The number of carbonyl (C=O) groups excluding carboxylic acids is 1. The molecule has 0 spiro atoms. The fourth-order valence-electron chi connectivity index (χ4n) is 2.10. The Morgan fingerprint density at radius 1 is 1.48 bits per heavy atom. The Hall–Kier alpha value is -2.01. The van der Waals surface area contributed by atoms with Crippen molar-refractivity contribution in [2.24, 2.45) is 0 Å². The van der Waals surface area contributed by atoms with Crippen molar-refractivity contribution >= 4 is 23.2 Å². The minimum atomic E-state index is -0.0773. The average molecular weight is 307 g/mol. The highest BCUT2D eigenvalue weighted by Crippen LogP contribution is 2.24. The topological polar surface area (TPSA) is 59.0 Å². The summed E-state index contributed by atoms with van der Waals surface area (Å²) < 4.78 is 1.60. The fraction of sp³-hybridized carbons (Fsp3) is 0.333. The molecule has 1 aromatic carbocycles. The van der Waals surface area contributed by atoms with Crippen LogP contribution in [0.4, 0.5) is 5.69 Å². The number of hydrogen-bond donors (Lipinski definition) is 2. The van der Waals surface area contributed by atoms with Gasteiger partial charge in [0.1, 0.15) is 6.54 Å². The molecule has 0 bridgehead atoms. The minimum absolute atomic E-state index is 0.0773. The van der Waals surface area contributed by atoms with E-state index in [4.69, 9.17) is 11.6 Å². The van der Waals surface area contributed by atoms with Gasteiger partial charge in [-0.3, -0.25) is 9.48 Å². The SMILES string of the molecule is CCC(Nc1cnn(CC(=O)NC)c1)c1cccc(Cl)c1. The van der Waals surface area contributed by atoms with Gasteiger partial charge in [-0.15, -0.1) is 0 Å². The molecule has 1 heterocycles. The van der Waals surface area contributed by atoms with Gasteiger partial charge in [0.05, 0.1) is 17.9 Å². The predicted octanol–water partition coefficient (Wildman–Crippen LogP) is 2.85. The van der Waals surface area contributed by atoms with Crippen molar-refractivity contribution in [2.45, 2.75) is 25.9 Å². The van der Waals surface area contributed by atoms with Gasteiger partial charge in [-0.25, -0.2) is 0 Å². The molecule has 1 aromatic heterocycles. The van der Waals surface area contributed by atoms with E-state index < -0.39 is 0 Å². The molecule has 2 rings (SSSR count). The van der Waals surface area contributed by atoms with Gasteiger partial charge in [-0.05, 0) is 24.1 Å². The third-order valence-corrected chi connectivity index (χ3v) is 3.45. The van der Waals surface area contributed by atoms with Crippen molar-refractivity contribution in [3.63, 3.8) is 0 Å². The second-order valence-corrected chi connectivity index (χ2v) is 5.20. The summed E-state index contributed by atoms with van der Waals surface area (Å²) in [5.74, 6) is -0.0773. The first kappa shape index (κ1) is 15.4. The Bertz CT molecular complexity index is 611. The minimum Gasteiger partial charge on any atom is -0.376 e. The Morgan fingerprint density at radius 3 is 2.95 bits per heavy atom. The van der Waals surface area contributed by atoms with Gasteiger partial charge in [0.25, 0.3) is 0 Å². The second-order valence-electron chi connectivity index (χ2n) is 4.76. The number of aromatic nitrogens is 2. The first-order valence-corrected chi connectivity index (χ1v) is 7.25. The van der Waals surface area contributed by atoms with E-state index in [9.17, 15) is 4.79 Å². The first-order valence-electron chi connectivity index (χ1n) is 6.87. The number of likely N-dealkylation sites (N-methyl/N-ethyl adjacent to an activating group) is 1. The third-order valence-electron chi connectivity index (χ3n) is 3.22. The molecule has 0 radical (unpaired) electrons. The van der Waals surface area contributed by atoms with Gasteiger partial charge >= 0.3 is 0 Å². The van der Waals surface area contributed by atoms with Gasteiger partial charge in [0.15, 0.2) is 0 Å². The van der Waals surface area contributed by atoms with Crippen LogP contribution in [0, 0.1) is 0 Å². The molecule has 21 heavy (non-hydrogen) atoms. The maximum atomic E-state index is 11.3. The van der Waals surface area contributed by atoms with Gasteiger partial charge in [-0.1, -0.05) is 30.7 Å². The van der Waals surface area contributed by atoms with Crippen LogP contribution in [0.25, 0.3) is 0 Å². The van der Waals surface area contributed by atoms with Crippen molar-refractivity contribution in [3.05, 3.63) is 47.2 Å². The molecule has 6 heteroatoms. The monoisotopic (exact) mass is 306 g/mol. The summed E-state index contributed by atoms with van der Waals surface area (Å²) in [7, 11) is 1.61. The number of anilines is 1. The quantitative estimate of drug-likeness (QED) is 0.863. The van der Waals surface area contributed by atoms with Crippen LogP contribution in [0.2, 0.25) is 5.02 Å². The summed E-state index contributed by atoms with van der Waals surface area (Å²) in [4.78, 5) is 11.3. The molecule has 1 amide bonds. The maximum Gasteiger partial charge on any atom is 0.241 e. The molecular weight excluding hydrogens is 288 g/mol. The summed E-state index contributed by atoms with van der Waals surface area (Å²) in [5, 5.41) is 10.9. The zero-order chi connectivity index (χ0) is 15.2. The van der Waals surface area contributed by atoms with E-state index in [1.54, 1.807) is 17.9 Å². The summed E-state index contributed by atoms with van der Waals surface area (Å²) in [6, 6.07) is 7.96. The number of amides is 1. The van der Waals surface area contributed by atoms with Gasteiger partial charge in [-0.2, -0.15) is 5.10 Å². The molecule has 5 nitrogen and oxygen atoms in total. The predicted molar refractivity (Wildman–Crippen MR) is 84.4 cm³/mol. The fourth-order valence-corrected chi connectivity index (χ4v) is 2.30. The molecule has 0 saturated heterocycles. The van der Waals surface area contributed by atoms with Gasteiger partial charge < -0.3 is 10.6 Å². The van der Waals surface area contributed by atoms with Crippen LogP contribution >= 0.6 is 11.6 Å². The number of nitrogens with zero attached hydrogens (tertiary/aromatic N) is 2. The second kappa shape index (κ2) is 7.13. The first-order chi connectivity index (χ1) is 10.1.